The lowest BCUT2D eigenvalue weighted by Gasteiger charge is -2.37. The summed E-state index contributed by atoms with van der Waals surface area (Å²) in [6.45, 7) is 7.71. The van der Waals surface area contributed by atoms with Crippen LogP contribution in [-0.4, -0.2) is 22.9 Å². The van der Waals surface area contributed by atoms with Gasteiger partial charge in [0.05, 0.1) is 17.8 Å². The number of epoxide rings is 1. The zero-order valence-electron chi connectivity index (χ0n) is 11.4. The SMILES string of the molecule is C[C@H]1CC[C@@H]([C@]2(C)CO2)C[C@]2(O)[C@@H]1CC[C@@H]2C. The molecule has 0 aromatic rings. The van der Waals surface area contributed by atoms with Crippen molar-refractivity contribution in [1.29, 1.82) is 0 Å². The molecule has 2 nitrogen and oxygen atoms in total. The van der Waals surface area contributed by atoms with Crippen LogP contribution in [0.1, 0.15) is 52.9 Å². The summed E-state index contributed by atoms with van der Waals surface area (Å²) in [6, 6.07) is 0. The van der Waals surface area contributed by atoms with E-state index in [-0.39, 0.29) is 5.60 Å². The molecular weight excluding hydrogens is 212 g/mol. The van der Waals surface area contributed by atoms with Gasteiger partial charge in [0.25, 0.3) is 0 Å². The van der Waals surface area contributed by atoms with Gasteiger partial charge in [-0.05, 0) is 62.7 Å². The summed E-state index contributed by atoms with van der Waals surface area (Å²) >= 11 is 0. The molecule has 0 amide bonds. The van der Waals surface area contributed by atoms with Crippen molar-refractivity contribution in [3.63, 3.8) is 0 Å². The first-order valence-electron chi connectivity index (χ1n) is 7.32. The number of hydrogen-bond donors (Lipinski definition) is 1. The summed E-state index contributed by atoms with van der Waals surface area (Å²) < 4.78 is 5.64. The Labute approximate surface area is 105 Å². The largest absolute Gasteiger partial charge is 0.389 e. The van der Waals surface area contributed by atoms with E-state index in [1.54, 1.807) is 0 Å². The predicted octanol–water partition coefficient (Wildman–Crippen LogP) is 2.99. The Balaban J connectivity index is 1.86. The van der Waals surface area contributed by atoms with Crippen molar-refractivity contribution in [2.45, 2.75) is 64.1 Å². The van der Waals surface area contributed by atoms with Gasteiger partial charge in [-0.25, -0.2) is 0 Å². The highest BCUT2D eigenvalue weighted by atomic mass is 16.6. The van der Waals surface area contributed by atoms with Crippen LogP contribution in [0.2, 0.25) is 0 Å². The molecule has 2 saturated carbocycles. The molecule has 0 spiro atoms. The maximum absolute atomic E-state index is 11.1. The fraction of sp³-hybridized carbons (Fsp3) is 1.00. The van der Waals surface area contributed by atoms with Crippen molar-refractivity contribution < 1.29 is 9.84 Å². The summed E-state index contributed by atoms with van der Waals surface area (Å²) in [6.07, 6.45) is 5.91. The van der Waals surface area contributed by atoms with Gasteiger partial charge in [-0.2, -0.15) is 0 Å². The molecule has 0 aromatic heterocycles. The van der Waals surface area contributed by atoms with E-state index < -0.39 is 5.60 Å². The number of rotatable bonds is 1. The third-order valence-electron chi connectivity index (χ3n) is 6.10. The van der Waals surface area contributed by atoms with Crippen molar-refractivity contribution in [2.75, 3.05) is 6.61 Å². The van der Waals surface area contributed by atoms with Crippen molar-refractivity contribution in [2.24, 2.45) is 23.7 Å². The van der Waals surface area contributed by atoms with E-state index in [9.17, 15) is 5.11 Å². The number of aliphatic hydroxyl groups is 1. The normalized spacial score (nSPS) is 58.6. The minimum absolute atomic E-state index is 0.0899. The molecular formula is C15H26O2. The second-order valence-corrected chi connectivity index (χ2v) is 7.13. The molecule has 3 rings (SSSR count). The van der Waals surface area contributed by atoms with Crippen LogP contribution in [0.3, 0.4) is 0 Å². The van der Waals surface area contributed by atoms with Crippen LogP contribution in [0.15, 0.2) is 0 Å². The quantitative estimate of drug-likeness (QED) is 0.712. The second kappa shape index (κ2) is 3.71. The molecule has 0 unspecified atom stereocenters. The molecule has 0 aromatic carbocycles. The summed E-state index contributed by atoms with van der Waals surface area (Å²) in [5, 5.41) is 11.1. The van der Waals surface area contributed by atoms with Crippen molar-refractivity contribution in [3.05, 3.63) is 0 Å². The standard InChI is InChI=1S/C15H26O2/c1-10-4-6-12(14(3)9-17-14)8-15(16)11(2)5-7-13(10)15/h10-13,16H,4-9H2,1-3H3/t10-,11-,12+,13+,14-,15+/m0/s1. The van der Waals surface area contributed by atoms with Crippen LogP contribution in [0.5, 0.6) is 0 Å². The van der Waals surface area contributed by atoms with Crippen LogP contribution >= 0.6 is 0 Å². The van der Waals surface area contributed by atoms with Crippen LogP contribution < -0.4 is 0 Å². The monoisotopic (exact) mass is 238 g/mol. The number of hydrogen-bond acceptors (Lipinski definition) is 2. The Hall–Kier alpha value is -0.0800. The van der Waals surface area contributed by atoms with Crippen molar-refractivity contribution in [3.8, 4) is 0 Å². The summed E-state index contributed by atoms with van der Waals surface area (Å²) in [5.74, 6) is 2.25. The molecule has 17 heavy (non-hydrogen) atoms. The topological polar surface area (TPSA) is 32.8 Å². The minimum atomic E-state index is -0.407. The Morgan fingerprint density at radius 2 is 1.82 bits per heavy atom. The first kappa shape index (κ1) is 12.0. The van der Waals surface area contributed by atoms with Crippen molar-refractivity contribution in [1.82, 2.24) is 0 Å². The zero-order chi connectivity index (χ0) is 12.3. The third-order valence-corrected chi connectivity index (χ3v) is 6.10. The second-order valence-electron chi connectivity index (χ2n) is 7.13. The van der Waals surface area contributed by atoms with E-state index in [1.807, 2.05) is 0 Å². The van der Waals surface area contributed by atoms with Crippen LogP contribution in [-0.2, 0) is 4.74 Å². The molecule has 98 valence electrons. The maximum atomic E-state index is 11.1. The first-order chi connectivity index (χ1) is 7.96. The smallest absolute Gasteiger partial charge is 0.0917 e. The molecule has 1 aliphatic heterocycles. The predicted molar refractivity (Wildman–Crippen MR) is 67.7 cm³/mol. The van der Waals surface area contributed by atoms with Crippen LogP contribution in [0.25, 0.3) is 0 Å². The fourth-order valence-electron chi connectivity index (χ4n) is 4.46. The average molecular weight is 238 g/mol. The summed E-state index contributed by atoms with van der Waals surface area (Å²) in [4.78, 5) is 0. The molecule has 1 heterocycles. The Bertz CT molecular complexity index is 310. The lowest BCUT2D eigenvalue weighted by atomic mass is 9.74. The molecule has 3 fully saturated rings. The Kier molecular flexibility index (Phi) is 2.61. The molecule has 6 atom stereocenters. The van der Waals surface area contributed by atoms with Crippen molar-refractivity contribution >= 4 is 0 Å². The van der Waals surface area contributed by atoms with Gasteiger partial charge in [-0.3, -0.25) is 0 Å². The molecule has 2 heteroatoms. The Morgan fingerprint density at radius 3 is 2.47 bits per heavy atom. The minimum Gasteiger partial charge on any atom is -0.389 e. The van der Waals surface area contributed by atoms with Gasteiger partial charge in [-0.15, -0.1) is 0 Å². The van der Waals surface area contributed by atoms with E-state index >= 15 is 0 Å². The first-order valence-corrected chi connectivity index (χ1v) is 7.32. The van der Waals surface area contributed by atoms with Gasteiger partial charge in [-0.1, -0.05) is 13.8 Å². The highest BCUT2D eigenvalue weighted by molar-refractivity contribution is 5.06. The van der Waals surface area contributed by atoms with E-state index in [0.29, 0.717) is 23.7 Å². The highest BCUT2D eigenvalue weighted by Gasteiger charge is 2.56. The Morgan fingerprint density at radius 1 is 1.12 bits per heavy atom. The zero-order valence-corrected chi connectivity index (χ0v) is 11.4. The van der Waals surface area contributed by atoms with Crippen LogP contribution in [0.4, 0.5) is 0 Å². The number of ether oxygens (including phenoxy) is 1. The maximum Gasteiger partial charge on any atom is 0.0917 e. The van der Waals surface area contributed by atoms with Gasteiger partial charge >= 0.3 is 0 Å². The third kappa shape index (κ3) is 1.76. The average Bonchev–Trinajstić information content (AvgIpc) is 2.97. The van der Waals surface area contributed by atoms with E-state index in [4.69, 9.17) is 4.74 Å². The van der Waals surface area contributed by atoms with E-state index in [2.05, 4.69) is 20.8 Å². The molecule has 2 aliphatic carbocycles. The summed E-state index contributed by atoms with van der Waals surface area (Å²) in [7, 11) is 0. The van der Waals surface area contributed by atoms with E-state index in [1.165, 1.54) is 25.7 Å². The highest BCUT2D eigenvalue weighted by Crippen LogP contribution is 2.54. The molecule has 1 N–H and O–H groups in total. The molecule has 3 aliphatic rings. The molecule has 0 bridgehead atoms. The van der Waals surface area contributed by atoms with Gasteiger partial charge < -0.3 is 9.84 Å². The van der Waals surface area contributed by atoms with E-state index in [0.717, 1.165) is 13.0 Å². The van der Waals surface area contributed by atoms with Gasteiger partial charge in [0.1, 0.15) is 0 Å². The van der Waals surface area contributed by atoms with Gasteiger partial charge in [0, 0.05) is 0 Å². The van der Waals surface area contributed by atoms with Crippen LogP contribution in [0, 0.1) is 23.7 Å². The van der Waals surface area contributed by atoms with Gasteiger partial charge in [0.2, 0.25) is 0 Å². The summed E-state index contributed by atoms with van der Waals surface area (Å²) in [5.41, 5.74) is -0.317. The number of fused-ring (bicyclic) bond motifs is 1. The molecule has 1 saturated heterocycles. The fourth-order valence-corrected chi connectivity index (χ4v) is 4.46. The lowest BCUT2D eigenvalue weighted by molar-refractivity contribution is -0.0621. The molecule has 0 radical (unpaired) electrons. The lowest BCUT2D eigenvalue weighted by Crippen LogP contribution is -2.43. The van der Waals surface area contributed by atoms with Gasteiger partial charge in [0.15, 0.2) is 0 Å².